The van der Waals surface area contributed by atoms with E-state index in [0.29, 0.717) is 19.6 Å². The fourth-order valence-electron chi connectivity index (χ4n) is 3.32. The van der Waals surface area contributed by atoms with Gasteiger partial charge in [-0.1, -0.05) is 18.2 Å². The second-order valence-electron chi connectivity index (χ2n) is 6.67. The predicted molar refractivity (Wildman–Crippen MR) is 96.6 cm³/mol. The van der Waals surface area contributed by atoms with Crippen molar-refractivity contribution in [3.05, 3.63) is 48.3 Å². The van der Waals surface area contributed by atoms with Crippen LogP contribution in [0.1, 0.15) is 32.4 Å². The number of carbonyl (C=O) groups is 1. The van der Waals surface area contributed by atoms with Gasteiger partial charge in [0, 0.05) is 31.5 Å². The Morgan fingerprint density at radius 3 is 2.68 bits per heavy atom. The molecule has 1 N–H and O–H groups in total. The van der Waals surface area contributed by atoms with Crippen LogP contribution in [0.4, 0.5) is 0 Å². The summed E-state index contributed by atoms with van der Waals surface area (Å²) >= 11 is 0. The minimum absolute atomic E-state index is 0.0419. The molecule has 25 heavy (non-hydrogen) atoms. The minimum Gasteiger partial charge on any atom is -0.372 e. The Balaban J connectivity index is 1.63. The van der Waals surface area contributed by atoms with Crippen LogP contribution in [-0.2, 0) is 9.53 Å². The Morgan fingerprint density at radius 2 is 2.00 bits per heavy atom. The molecule has 3 rings (SSSR count). The normalized spacial score (nSPS) is 22.0. The van der Waals surface area contributed by atoms with Crippen LogP contribution in [-0.4, -0.2) is 52.4 Å². The number of aromatic nitrogens is 2. The third kappa shape index (κ3) is 4.27. The zero-order chi connectivity index (χ0) is 17.8. The van der Waals surface area contributed by atoms with Gasteiger partial charge in [0.1, 0.15) is 0 Å². The number of amides is 1. The van der Waals surface area contributed by atoms with Crippen LogP contribution in [0.15, 0.2) is 42.7 Å². The number of nitrogens with zero attached hydrogens (tertiary/aromatic N) is 3. The predicted octanol–water partition coefficient (Wildman–Crippen LogP) is 2.16. The van der Waals surface area contributed by atoms with Gasteiger partial charge in [0.25, 0.3) is 0 Å². The summed E-state index contributed by atoms with van der Waals surface area (Å²) in [6.07, 6.45) is 3.86. The first-order chi connectivity index (χ1) is 12.0. The van der Waals surface area contributed by atoms with Gasteiger partial charge in [0.2, 0.25) is 5.91 Å². The topological polar surface area (TPSA) is 59.4 Å². The van der Waals surface area contributed by atoms with Crippen molar-refractivity contribution in [2.75, 3.05) is 19.6 Å². The molecule has 0 spiro atoms. The van der Waals surface area contributed by atoms with E-state index in [0.717, 1.165) is 11.3 Å². The molecule has 0 bridgehead atoms. The Bertz CT molecular complexity index is 691. The molecule has 2 aromatic rings. The van der Waals surface area contributed by atoms with Crippen molar-refractivity contribution < 1.29 is 9.53 Å². The lowest BCUT2D eigenvalue weighted by atomic mass is 10.1. The van der Waals surface area contributed by atoms with Gasteiger partial charge < -0.3 is 15.0 Å². The van der Waals surface area contributed by atoms with Gasteiger partial charge in [-0.2, -0.15) is 5.10 Å². The molecule has 1 fully saturated rings. The van der Waals surface area contributed by atoms with Gasteiger partial charge in [0.05, 0.1) is 24.4 Å². The van der Waals surface area contributed by atoms with E-state index in [2.05, 4.69) is 23.4 Å². The van der Waals surface area contributed by atoms with Crippen molar-refractivity contribution in [1.29, 1.82) is 0 Å². The summed E-state index contributed by atoms with van der Waals surface area (Å²) in [5, 5.41) is 7.67. The molecule has 0 radical (unpaired) electrons. The van der Waals surface area contributed by atoms with E-state index in [1.807, 2.05) is 53.9 Å². The summed E-state index contributed by atoms with van der Waals surface area (Å²) in [6, 6.07) is 10.0. The van der Waals surface area contributed by atoms with Crippen molar-refractivity contribution in [3.63, 3.8) is 0 Å². The van der Waals surface area contributed by atoms with E-state index in [4.69, 9.17) is 4.74 Å². The third-order valence-corrected chi connectivity index (χ3v) is 4.49. The molecule has 6 nitrogen and oxygen atoms in total. The number of rotatable bonds is 5. The molecule has 1 aromatic carbocycles. The van der Waals surface area contributed by atoms with E-state index in [-0.39, 0.29) is 24.2 Å². The molecule has 2 heterocycles. The second-order valence-corrected chi connectivity index (χ2v) is 6.67. The third-order valence-electron chi connectivity index (χ3n) is 4.49. The van der Waals surface area contributed by atoms with Crippen molar-refractivity contribution in [2.24, 2.45) is 0 Å². The van der Waals surface area contributed by atoms with Crippen LogP contribution in [0, 0.1) is 0 Å². The number of nitrogens with one attached hydrogen (secondary N) is 1. The van der Waals surface area contributed by atoms with Gasteiger partial charge in [-0.05, 0) is 38.5 Å². The van der Waals surface area contributed by atoms with Gasteiger partial charge in [-0.15, -0.1) is 0 Å². The number of ether oxygens (including phenoxy) is 1. The Labute approximate surface area is 148 Å². The fraction of sp³-hybridized carbons (Fsp3) is 0.474. The van der Waals surface area contributed by atoms with Gasteiger partial charge >= 0.3 is 0 Å². The van der Waals surface area contributed by atoms with Crippen molar-refractivity contribution in [2.45, 2.75) is 39.0 Å². The van der Waals surface area contributed by atoms with Gasteiger partial charge in [-0.3, -0.25) is 4.79 Å². The van der Waals surface area contributed by atoms with Crippen molar-refractivity contribution in [1.82, 2.24) is 20.0 Å². The fourth-order valence-corrected chi connectivity index (χ4v) is 3.32. The molecule has 1 aliphatic heterocycles. The molecular formula is C19H26N4O2. The number of hydrogen-bond donors (Lipinski definition) is 1. The summed E-state index contributed by atoms with van der Waals surface area (Å²) < 4.78 is 7.54. The maximum atomic E-state index is 12.5. The Kier molecular flexibility index (Phi) is 5.50. The van der Waals surface area contributed by atoms with E-state index >= 15 is 0 Å². The lowest BCUT2D eigenvalue weighted by Crippen LogP contribution is -2.50. The Morgan fingerprint density at radius 1 is 1.28 bits per heavy atom. The quantitative estimate of drug-likeness (QED) is 0.905. The molecule has 3 atom stereocenters. The molecule has 1 aliphatic rings. The highest BCUT2D eigenvalue weighted by Gasteiger charge is 2.26. The molecule has 0 saturated carbocycles. The maximum Gasteiger partial charge on any atom is 0.236 e. The minimum atomic E-state index is 0.0419. The van der Waals surface area contributed by atoms with Crippen LogP contribution in [0.2, 0.25) is 0 Å². The van der Waals surface area contributed by atoms with Crippen LogP contribution < -0.4 is 5.32 Å². The first-order valence-electron chi connectivity index (χ1n) is 8.80. The highest BCUT2D eigenvalue weighted by atomic mass is 16.5. The molecule has 6 heteroatoms. The summed E-state index contributed by atoms with van der Waals surface area (Å²) in [4.78, 5) is 14.4. The van der Waals surface area contributed by atoms with E-state index < -0.39 is 0 Å². The number of para-hydroxylation sites is 1. The second kappa shape index (κ2) is 7.80. The summed E-state index contributed by atoms with van der Waals surface area (Å²) in [6.45, 7) is 7.71. The average molecular weight is 342 g/mol. The summed E-state index contributed by atoms with van der Waals surface area (Å²) in [7, 11) is 0. The Hall–Kier alpha value is -2.18. The number of benzene rings is 1. The zero-order valence-corrected chi connectivity index (χ0v) is 15.1. The number of carbonyl (C=O) groups excluding carboxylic acids is 1. The highest BCUT2D eigenvalue weighted by molar-refractivity contribution is 5.78. The first kappa shape index (κ1) is 17.6. The summed E-state index contributed by atoms with van der Waals surface area (Å²) in [5.41, 5.74) is 2.14. The molecule has 134 valence electrons. The maximum absolute atomic E-state index is 12.5. The molecule has 0 aliphatic carbocycles. The molecule has 1 saturated heterocycles. The van der Waals surface area contributed by atoms with Crippen molar-refractivity contribution >= 4 is 5.91 Å². The zero-order valence-electron chi connectivity index (χ0n) is 15.1. The average Bonchev–Trinajstić information content (AvgIpc) is 3.13. The van der Waals surface area contributed by atoms with Crippen LogP contribution in [0.3, 0.4) is 0 Å². The lowest BCUT2D eigenvalue weighted by Gasteiger charge is -2.35. The van der Waals surface area contributed by atoms with Crippen molar-refractivity contribution in [3.8, 4) is 5.69 Å². The van der Waals surface area contributed by atoms with E-state index in [1.54, 1.807) is 6.20 Å². The highest BCUT2D eigenvalue weighted by Crippen LogP contribution is 2.21. The lowest BCUT2D eigenvalue weighted by molar-refractivity contribution is -0.142. The molecule has 1 amide bonds. The van der Waals surface area contributed by atoms with Gasteiger partial charge in [-0.25, -0.2) is 4.68 Å². The smallest absolute Gasteiger partial charge is 0.236 e. The number of hydrogen-bond acceptors (Lipinski definition) is 4. The standard InChI is InChI=1S/C19H26N4O2/c1-14-12-22(13-15(2)25-14)19(24)11-20-16(3)17-7-4-5-8-18(17)23-10-6-9-21-23/h4-10,14-16,20H,11-13H2,1-3H3. The monoisotopic (exact) mass is 342 g/mol. The first-order valence-corrected chi connectivity index (χ1v) is 8.80. The molecule has 1 aromatic heterocycles. The molecule has 3 unspecified atom stereocenters. The van der Waals surface area contributed by atoms with Crippen LogP contribution in [0.25, 0.3) is 5.69 Å². The van der Waals surface area contributed by atoms with Gasteiger partial charge in [0.15, 0.2) is 0 Å². The largest absolute Gasteiger partial charge is 0.372 e. The summed E-state index contributed by atoms with van der Waals surface area (Å²) in [5.74, 6) is 0.116. The van der Waals surface area contributed by atoms with E-state index in [9.17, 15) is 4.79 Å². The SMILES string of the molecule is CC1CN(C(=O)CNC(C)c2ccccc2-n2cccn2)CC(C)O1. The van der Waals surface area contributed by atoms with Crippen LogP contribution in [0.5, 0.6) is 0 Å². The van der Waals surface area contributed by atoms with Crippen LogP contribution >= 0.6 is 0 Å². The number of morpholine rings is 1. The molecular weight excluding hydrogens is 316 g/mol. The van der Waals surface area contributed by atoms with E-state index in [1.165, 1.54) is 0 Å².